The summed E-state index contributed by atoms with van der Waals surface area (Å²) in [4.78, 5) is 0. The van der Waals surface area contributed by atoms with Crippen LogP contribution in [0.3, 0.4) is 0 Å². The molecule has 2 rings (SSSR count). The van der Waals surface area contributed by atoms with Crippen LogP contribution in [0.25, 0.3) is 16.8 Å². The van der Waals surface area contributed by atoms with Gasteiger partial charge in [-0.3, -0.25) is 0 Å². The van der Waals surface area contributed by atoms with Gasteiger partial charge in [0, 0.05) is 10.8 Å². The van der Waals surface area contributed by atoms with Crippen molar-refractivity contribution >= 4 is 16.8 Å². The van der Waals surface area contributed by atoms with E-state index in [0.29, 0.717) is 0 Å². The third kappa shape index (κ3) is 1.07. The highest BCUT2D eigenvalue weighted by Gasteiger charge is 1.92. The van der Waals surface area contributed by atoms with E-state index >= 15 is 0 Å². The molecule has 0 fully saturated rings. The van der Waals surface area contributed by atoms with Gasteiger partial charge in [0.2, 0.25) is 0 Å². The van der Waals surface area contributed by atoms with Gasteiger partial charge in [-0.25, -0.2) is 0 Å². The molecule has 0 atom stereocenters. The summed E-state index contributed by atoms with van der Waals surface area (Å²) in [6.45, 7) is 3.70. The number of rotatable bonds is 1. The van der Waals surface area contributed by atoms with Gasteiger partial charge >= 0.3 is 0 Å². The highest BCUT2D eigenvalue weighted by atomic mass is 15.1. The average Bonchev–Trinajstić information content (AvgIpc) is 2.17. The molecule has 1 aromatic heterocycles. The van der Waals surface area contributed by atoms with E-state index in [4.69, 9.17) is 0 Å². The molecule has 2 nitrogen and oxygen atoms in total. The number of nitrogens with zero attached hydrogens (tertiary/aromatic N) is 2. The molecule has 0 unspecified atom stereocenters. The third-order valence-corrected chi connectivity index (χ3v) is 1.81. The van der Waals surface area contributed by atoms with Gasteiger partial charge < -0.3 is 0 Å². The first-order valence-electron chi connectivity index (χ1n) is 3.73. The molecule has 0 spiro atoms. The van der Waals surface area contributed by atoms with Gasteiger partial charge in [-0.2, -0.15) is 10.2 Å². The van der Waals surface area contributed by atoms with E-state index in [2.05, 4.69) is 16.8 Å². The van der Waals surface area contributed by atoms with E-state index in [1.807, 2.05) is 24.3 Å². The van der Waals surface area contributed by atoms with Gasteiger partial charge in [0.05, 0.1) is 12.4 Å². The normalized spacial score (nSPS) is 10.0. The lowest BCUT2D eigenvalue weighted by Gasteiger charge is -1.96. The molecule has 58 valence electrons. The molecule has 0 amide bonds. The average molecular weight is 156 g/mol. The minimum atomic E-state index is 1.10. The fourth-order valence-electron chi connectivity index (χ4n) is 1.14. The van der Waals surface area contributed by atoms with Crippen LogP contribution >= 0.6 is 0 Å². The second-order valence-electron chi connectivity index (χ2n) is 2.58. The first kappa shape index (κ1) is 6.98. The van der Waals surface area contributed by atoms with E-state index in [1.54, 1.807) is 12.4 Å². The fraction of sp³-hybridized carbons (Fsp3) is 0. The molecule has 0 bridgehead atoms. The minimum absolute atomic E-state index is 1.10. The molecular formula is C10H8N2. The lowest BCUT2D eigenvalue weighted by molar-refractivity contribution is 1.05. The molecule has 2 heteroatoms. The predicted molar refractivity (Wildman–Crippen MR) is 49.6 cm³/mol. The number of benzene rings is 1. The van der Waals surface area contributed by atoms with E-state index in [9.17, 15) is 0 Å². The zero-order valence-corrected chi connectivity index (χ0v) is 6.57. The summed E-state index contributed by atoms with van der Waals surface area (Å²) in [5.74, 6) is 0. The highest BCUT2D eigenvalue weighted by molar-refractivity contribution is 5.82. The van der Waals surface area contributed by atoms with Crippen molar-refractivity contribution in [1.29, 1.82) is 0 Å². The molecule has 0 aliphatic rings. The molecule has 0 saturated carbocycles. The fourth-order valence-corrected chi connectivity index (χ4v) is 1.14. The van der Waals surface area contributed by atoms with Crippen LogP contribution in [-0.4, -0.2) is 10.2 Å². The predicted octanol–water partition coefficient (Wildman–Crippen LogP) is 2.27. The first-order valence-corrected chi connectivity index (χ1v) is 3.73. The van der Waals surface area contributed by atoms with E-state index in [1.165, 1.54) is 0 Å². The maximum atomic E-state index is 3.80. The zero-order valence-electron chi connectivity index (χ0n) is 6.57. The van der Waals surface area contributed by atoms with Crippen LogP contribution in [0.5, 0.6) is 0 Å². The lowest BCUT2D eigenvalue weighted by Crippen LogP contribution is -1.80. The van der Waals surface area contributed by atoms with Crippen LogP contribution < -0.4 is 0 Å². The first-order chi connectivity index (χ1) is 5.90. The number of hydrogen-bond donors (Lipinski definition) is 0. The molecule has 2 aromatic rings. The molecule has 1 heterocycles. The number of aromatic nitrogens is 2. The summed E-state index contributed by atoms with van der Waals surface area (Å²) in [5.41, 5.74) is 1.11. The standard InChI is InChI=1S/C10H8N2/c1-2-8-3-4-9-6-11-12-7-10(9)5-8/h2-7H,1H2. The lowest BCUT2D eigenvalue weighted by atomic mass is 10.1. The molecule has 1 aromatic carbocycles. The summed E-state index contributed by atoms with van der Waals surface area (Å²) in [5, 5.41) is 9.80. The second kappa shape index (κ2) is 2.74. The molecular weight excluding hydrogens is 148 g/mol. The quantitative estimate of drug-likeness (QED) is 0.633. The van der Waals surface area contributed by atoms with Crippen molar-refractivity contribution in [2.45, 2.75) is 0 Å². The smallest absolute Gasteiger partial charge is 0.0574 e. The van der Waals surface area contributed by atoms with Gasteiger partial charge in [0.25, 0.3) is 0 Å². The van der Waals surface area contributed by atoms with Gasteiger partial charge in [-0.1, -0.05) is 24.8 Å². The third-order valence-electron chi connectivity index (χ3n) is 1.81. The van der Waals surface area contributed by atoms with Crippen LogP contribution in [-0.2, 0) is 0 Å². The molecule has 0 N–H and O–H groups in total. The van der Waals surface area contributed by atoms with Crippen molar-refractivity contribution in [2.75, 3.05) is 0 Å². The Bertz CT molecular complexity index is 421. The van der Waals surface area contributed by atoms with E-state index in [-0.39, 0.29) is 0 Å². The summed E-state index contributed by atoms with van der Waals surface area (Å²) >= 11 is 0. The summed E-state index contributed by atoms with van der Waals surface area (Å²) in [6.07, 6.45) is 5.32. The van der Waals surface area contributed by atoms with Crippen molar-refractivity contribution in [2.24, 2.45) is 0 Å². The van der Waals surface area contributed by atoms with Crippen LogP contribution in [0.2, 0.25) is 0 Å². The zero-order chi connectivity index (χ0) is 8.39. The molecule has 0 aliphatic carbocycles. The number of fused-ring (bicyclic) bond motifs is 1. The molecule has 0 aliphatic heterocycles. The Morgan fingerprint density at radius 1 is 1.08 bits per heavy atom. The minimum Gasteiger partial charge on any atom is -0.158 e. The Labute approximate surface area is 70.6 Å². The Morgan fingerprint density at radius 3 is 2.58 bits per heavy atom. The van der Waals surface area contributed by atoms with Crippen LogP contribution in [0.15, 0.2) is 37.2 Å². The van der Waals surface area contributed by atoms with E-state index in [0.717, 1.165) is 16.3 Å². The van der Waals surface area contributed by atoms with Gasteiger partial charge in [-0.05, 0) is 11.6 Å². The van der Waals surface area contributed by atoms with Gasteiger partial charge in [-0.15, -0.1) is 0 Å². The summed E-state index contributed by atoms with van der Waals surface area (Å²) in [6, 6.07) is 6.06. The maximum Gasteiger partial charge on any atom is 0.0574 e. The second-order valence-corrected chi connectivity index (χ2v) is 2.58. The molecule has 12 heavy (non-hydrogen) atoms. The van der Waals surface area contributed by atoms with Crippen molar-refractivity contribution in [3.05, 3.63) is 42.7 Å². The van der Waals surface area contributed by atoms with Crippen LogP contribution in [0, 0.1) is 0 Å². The van der Waals surface area contributed by atoms with Crippen molar-refractivity contribution in [1.82, 2.24) is 10.2 Å². The monoisotopic (exact) mass is 156 g/mol. The number of hydrogen-bond acceptors (Lipinski definition) is 2. The van der Waals surface area contributed by atoms with Crippen molar-refractivity contribution in [3.63, 3.8) is 0 Å². The molecule has 0 saturated heterocycles. The SMILES string of the molecule is C=Cc1ccc2cnncc2c1. The van der Waals surface area contributed by atoms with Gasteiger partial charge in [0.15, 0.2) is 0 Å². The summed E-state index contributed by atoms with van der Waals surface area (Å²) in [7, 11) is 0. The Kier molecular flexibility index (Phi) is 1.59. The van der Waals surface area contributed by atoms with Crippen LogP contribution in [0.1, 0.15) is 5.56 Å². The topological polar surface area (TPSA) is 25.8 Å². The summed E-state index contributed by atoms with van der Waals surface area (Å²) < 4.78 is 0. The maximum absolute atomic E-state index is 3.80. The Hall–Kier alpha value is -1.70. The Morgan fingerprint density at radius 2 is 1.83 bits per heavy atom. The largest absolute Gasteiger partial charge is 0.158 e. The van der Waals surface area contributed by atoms with Crippen molar-refractivity contribution < 1.29 is 0 Å². The van der Waals surface area contributed by atoms with Gasteiger partial charge in [0.1, 0.15) is 0 Å². The van der Waals surface area contributed by atoms with E-state index < -0.39 is 0 Å². The van der Waals surface area contributed by atoms with Crippen molar-refractivity contribution in [3.8, 4) is 0 Å². The van der Waals surface area contributed by atoms with Crippen LogP contribution in [0.4, 0.5) is 0 Å². The molecule has 0 radical (unpaired) electrons. The highest BCUT2D eigenvalue weighted by Crippen LogP contribution is 2.13. The Balaban J connectivity index is 2.75.